The first kappa shape index (κ1) is 5.69. The molecule has 2 fully saturated rings. The number of nitrogens with one attached hydrogen (secondary N) is 1. The van der Waals surface area contributed by atoms with Gasteiger partial charge in [0.1, 0.15) is 0 Å². The van der Waals surface area contributed by atoms with E-state index in [-0.39, 0.29) is 0 Å². The van der Waals surface area contributed by atoms with Crippen molar-refractivity contribution >= 4 is 0 Å². The van der Waals surface area contributed by atoms with Gasteiger partial charge < -0.3 is 10.1 Å². The van der Waals surface area contributed by atoms with Gasteiger partial charge in [0.15, 0.2) is 0 Å². The number of methoxy groups -OCH3 is 1. The van der Waals surface area contributed by atoms with Crippen LogP contribution in [-0.4, -0.2) is 25.3 Å². The van der Waals surface area contributed by atoms with E-state index in [9.17, 15) is 0 Å². The number of hydrogen-bond acceptors (Lipinski definition) is 2. The highest BCUT2D eigenvalue weighted by atomic mass is 16.5. The zero-order chi connectivity index (χ0) is 6.32. The third-order valence-electron chi connectivity index (χ3n) is 2.57. The van der Waals surface area contributed by atoms with Gasteiger partial charge in [-0.3, -0.25) is 0 Å². The molecule has 1 saturated heterocycles. The Hall–Kier alpha value is -0.0800. The van der Waals surface area contributed by atoms with Gasteiger partial charge in [-0.25, -0.2) is 0 Å². The Bertz CT molecular complexity index is 118. The molecule has 0 aromatic carbocycles. The molecule has 9 heavy (non-hydrogen) atoms. The maximum absolute atomic E-state index is 5.24. The van der Waals surface area contributed by atoms with Crippen molar-refractivity contribution in [3.05, 3.63) is 0 Å². The van der Waals surface area contributed by atoms with E-state index < -0.39 is 0 Å². The van der Waals surface area contributed by atoms with Crippen LogP contribution >= 0.6 is 0 Å². The second-order valence-electron chi connectivity index (χ2n) is 3.11. The number of rotatable bonds is 1. The lowest BCUT2D eigenvalue weighted by Crippen LogP contribution is -2.27. The molecule has 2 unspecified atom stereocenters. The lowest BCUT2D eigenvalue weighted by molar-refractivity contribution is 0.158. The van der Waals surface area contributed by atoms with Gasteiger partial charge in [-0.1, -0.05) is 0 Å². The third-order valence-corrected chi connectivity index (χ3v) is 2.57. The second kappa shape index (κ2) is 1.70. The quantitative estimate of drug-likeness (QED) is 0.554. The van der Waals surface area contributed by atoms with Gasteiger partial charge in [-0.2, -0.15) is 0 Å². The molecular formula is C7H13NO. The zero-order valence-corrected chi connectivity index (χ0v) is 5.81. The van der Waals surface area contributed by atoms with E-state index in [1.165, 1.54) is 25.8 Å². The first-order valence-electron chi connectivity index (χ1n) is 3.65. The molecule has 1 heterocycles. The van der Waals surface area contributed by atoms with Crippen LogP contribution in [0.1, 0.15) is 19.3 Å². The van der Waals surface area contributed by atoms with E-state index in [4.69, 9.17) is 4.74 Å². The van der Waals surface area contributed by atoms with Crippen LogP contribution in [0.3, 0.4) is 0 Å². The van der Waals surface area contributed by atoms with Crippen molar-refractivity contribution in [1.29, 1.82) is 0 Å². The molecular weight excluding hydrogens is 114 g/mol. The molecule has 1 aliphatic heterocycles. The number of hydrogen-bond donors (Lipinski definition) is 1. The molecule has 2 heteroatoms. The summed E-state index contributed by atoms with van der Waals surface area (Å²) in [6.07, 6.45) is 4.43. The first-order valence-corrected chi connectivity index (χ1v) is 3.65. The van der Waals surface area contributed by atoms with Crippen molar-refractivity contribution < 1.29 is 4.74 Å². The Labute approximate surface area is 55.6 Å². The Morgan fingerprint density at radius 2 is 2.56 bits per heavy atom. The van der Waals surface area contributed by atoms with E-state index in [2.05, 4.69) is 5.32 Å². The predicted octanol–water partition coefficient (Wildman–Crippen LogP) is 0.527. The molecule has 0 aromatic heterocycles. The minimum absolute atomic E-state index is 0.439. The molecule has 0 aromatic rings. The predicted molar refractivity (Wildman–Crippen MR) is 35.4 cm³/mol. The van der Waals surface area contributed by atoms with Gasteiger partial charge >= 0.3 is 0 Å². The van der Waals surface area contributed by atoms with E-state index in [0.29, 0.717) is 11.6 Å². The fourth-order valence-electron chi connectivity index (χ4n) is 1.86. The molecule has 2 atom stereocenters. The fraction of sp³-hybridized carbons (Fsp3) is 1.00. The summed E-state index contributed by atoms with van der Waals surface area (Å²) in [6.45, 7) is 1.19. The van der Waals surface area contributed by atoms with Crippen LogP contribution in [0.2, 0.25) is 0 Å². The maximum atomic E-state index is 5.24. The maximum Gasteiger partial charge on any atom is 0.0772 e. The van der Waals surface area contributed by atoms with E-state index in [1.807, 2.05) is 0 Å². The summed E-state index contributed by atoms with van der Waals surface area (Å²) in [5, 5.41) is 3.48. The normalized spacial score (nSPS) is 48.3. The van der Waals surface area contributed by atoms with Crippen molar-refractivity contribution in [2.75, 3.05) is 13.7 Å². The highest BCUT2D eigenvalue weighted by molar-refractivity contribution is 5.14. The summed E-state index contributed by atoms with van der Waals surface area (Å²) >= 11 is 0. The molecule has 2 rings (SSSR count). The Kier molecular flexibility index (Phi) is 1.08. The van der Waals surface area contributed by atoms with E-state index in [0.717, 1.165) is 0 Å². The van der Waals surface area contributed by atoms with Crippen LogP contribution in [0, 0.1) is 0 Å². The second-order valence-corrected chi connectivity index (χ2v) is 3.11. The molecule has 52 valence electrons. The molecule has 2 nitrogen and oxygen atoms in total. The standard InChI is InChI=1S/C7H13NO/c1-9-6-5-7(6)3-2-4-8-7/h6,8H,2-5H2,1H3. The molecule has 2 aliphatic rings. The van der Waals surface area contributed by atoms with Crippen molar-refractivity contribution in [3.8, 4) is 0 Å². The summed E-state index contributed by atoms with van der Waals surface area (Å²) < 4.78 is 5.24. The highest BCUT2D eigenvalue weighted by Crippen LogP contribution is 2.44. The van der Waals surface area contributed by atoms with Crippen LogP contribution in [0.25, 0.3) is 0 Å². The fourth-order valence-corrected chi connectivity index (χ4v) is 1.86. The van der Waals surface area contributed by atoms with Crippen molar-refractivity contribution in [2.24, 2.45) is 0 Å². The largest absolute Gasteiger partial charge is 0.379 e. The summed E-state index contributed by atoms with van der Waals surface area (Å²) in [4.78, 5) is 0. The molecule has 0 bridgehead atoms. The topological polar surface area (TPSA) is 21.3 Å². The van der Waals surface area contributed by atoms with Gasteiger partial charge in [0, 0.05) is 12.6 Å². The Morgan fingerprint density at radius 1 is 1.67 bits per heavy atom. The summed E-state index contributed by atoms with van der Waals surface area (Å²) in [5.74, 6) is 0. The lowest BCUT2D eigenvalue weighted by Gasteiger charge is -2.06. The average molecular weight is 127 g/mol. The van der Waals surface area contributed by atoms with Crippen LogP contribution in [0.5, 0.6) is 0 Å². The molecule has 1 N–H and O–H groups in total. The molecule has 1 saturated carbocycles. The Balaban J connectivity index is 1.97. The summed E-state index contributed by atoms with van der Waals surface area (Å²) in [5.41, 5.74) is 0.439. The lowest BCUT2D eigenvalue weighted by atomic mass is 10.2. The summed E-state index contributed by atoms with van der Waals surface area (Å²) in [7, 11) is 1.80. The third kappa shape index (κ3) is 0.700. The van der Waals surface area contributed by atoms with Gasteiger partial charge in [-0.05, 0) is 25.8 Å². The van der Waals surface area contributed by atoms with Crippen molar-refractivity contribution in [3.63, 3.8) is 0 Å². The summed E-state index contributed by atoms with van der Waals surface area (Å²) in [6, 6.07) is 0. The zero-order valence-electron chi connectivity index (χ0n) is 5.81. The Morgan fingerprint density at radius 3 is 3.00 bits per heavy atom. The van der Waals surface area contributed by atoms with Gasteiger partial charge in [0.05, 0.1) is 6.10 Å². The van der Waals surface area contributed by atoms with Crippen molar-refractivity contribution in [2.45, 2.75) is 30.9 Å². The van der Waals surface area contributed by atoms with Crippen LogP contribution in [0.15, 0.2) is 0 Å². The minimum atomic E-state index is 0.439. The van der Waals surface area contributed by atoms with Gasteiger partial charge in [-0.15, -0.1) is 0 Å². The number of ether oxygens (including phenoxy) is 1. The van der Waals surface area contributed by atoms with Gasteiger partial charge in [0.25, 0.3) is 0 Å². The van der Waals surface area contributed by atoms with Crippen LogP contribution < -0.4 is 5.32 Å². The molecule has 1 spiro atoms. The van der Waals surface area contributed by atoms with Crippen molar-refractivity contribution in [1.82, 2.24) is 5.32 Å². The van der Waals surface area contributed by atoms with Gasteiger partial charge in [0.2, 0.25) is 0 Å². The van der Waals surface area contributed by atoms with E-state index in [1.54, 1.807) is 7.11 Å². The first-order chi connectivity index (χ1) is 4.37. The minimum Gasteiger partial charge on any atom is -0.379 e. The molecule has 1 aliphatic carbocycles. The molecule has 0 radical (unpaired) electrons. The SMILES string of the molecule is COC1CC12CCCN2. The molecule has 0 amide bonds. The smallest absolute Gasteiger partial charge is 0.0772 e. The van der Waals surface area contributed by atoms with E-state index >= 15 is 0 Å². The van der Waals surface area contributed by atoms with Crippen LogP contribution in [-0.2, 0) is 4.74 Å². The van der Waals surface area contributed by atoms with Crippen LogP contribution in [0.4, 0.5) is 0 Å². The average Bonchev–Trinajstić information content (AvgIpc) is 2.30. The monoisotopic (exact) mass is 127 g/mol. The highest BCUT2D eigenvalue weighted by Gasteiger charge is 2.55.